The van der Waals surface area contributed by atoms with Crippen molar-refractivity contribution in [1.82, 2.24) is 15.0 Å². The van der Waals surface area contributed by atoms with Crippen molar-refractivity contribution < 1.29 is 9.47 Å². The number of hydrogen-bond donors (Lipinski definition) is 1. The lowest BCUT2D eigenvalue weighted by molar-refractivity contribution is 0.360. The van der Waals surface area contributed by atoms with E-state index in [0.29, 0.717) is 11.7 Å². The lowest BCUT2D eigenvalue weighted by atomic mass is 10.1. The summed E-state index contributed by atoms with van der Waals surface area (Å²) in [6, 6.07) is 6.20. The molecule has 0 atom stereocenters. The molecule has 0 radical (unpaired) electrons. The Morgan fingerprint density at radius 2 is 1.74 bits per heavy atom. The minimum atomic E-state index is 0.194. The lowest BCUT2D eigenvalue weighted by Gasteiger charge is -2.08. The first kappa shape index (κ1) is 13.1. The van der Waals surface area contributed by atoms with E-state index in [1.54, 1.807) is 7.05 Å². The van der Waals surface area contributed by atoms with Crippen LogP contribution in [0.4, 0.5) is 5.95 Å². The first-order valence-electron chi connectivity index (χ1n) is 5.85. The predicted molar refractivity (Wildman–Crippen MR) is 71.9 cm³/mol. The number of aromatic nitrogens is 3. The fraction of sp³-hybridized carbons (Fsp3) is 0.308. The maximum atomic E-state index is 5.62. The summed E-state index contributed by atoms with van der Waals surface area (Å²) >= 11 is 0. The molecule has 1 aromatic carbocycles. The molecule has 1 aromatic heterocycles. The zero-order valence-electron chi connectivity index (χ0n) is 11.4. The summed E-state index contributed by atoms with van der Waals surface area (Å²) in [7, 11) is 3.21. The number of rotatable bonds is 4. The molecule has 0 saturated carbocycles. The van der Waals surface area contributed by atoms with Gasteiger partial charge >= 0.3 is 12.0 Å². The third-order valence-corrected chi connectivity index (χ3v) is 2.69. The van der Waals surface area contributed by atoms with Gasteiger partial charge in [-0.1, -0.05) is 6.07 Å². The van der Waals surface area contributed by atoms with Crippen LogP contribution in [0.15, 0.2) is 18.2 Å². The first-order valence-corrected chi connectivity index (χ1v) is 5.85. The topological polar surface area (TPSA) is 69.2 Å². The summed E-state index contributed by atoms with van der Waals surface area (Å²) in [5.74, 6) is 1.07. The zero-order chi connectivity index (χ0) is 13.8. The van der Waals surface area contributed by atoms with Gasteiger partial charge in [0.05, 0.1) is 7.11 Å². The van der Waals surface area contributed by atoms with Crippen LogP contribution in [0.5, 0.6) is 17.8 Å². The van der Waals surface area contributed by atoms with E-state index in [-0.39, 0.29) is 12.0 Å². The summed E-state index contributed by atoms with van der Waals surface area (Å²) in [5.41, 5.74) is 2.35. The number of anilines is 1. The Bertz CT molecular complexity index is 565. The van der Waals surface area contributed by atoms with Crippen LogP contribution in [0, 0.1) is 13.8 Å². The van der Waals surface area contributed by atoms with Crippen molar-refractivity contribution in [3.8, 4) is 17.8 Å². The Labute approximate surface area is 111 Å². The summed E-state index contributed by atoms with van der Waals surface area (Å²) in [6.45, 7) is 4.07. The highest BCUT2D eigenvalue weighted by molar-refractivity contribution is 5.36. The molecule has 6 heteroatoms. The van der Waals surface area contributed by atoms with E-state index < -0.39 is 0 Å². The van der Waals surface area contributed by atoms with E-state index in [1.807, 2.05) is 32.0 Å². The van der Waals surface area contributed by atoms with Crippen molar-refractivity contribution in [2.24, 2.45) is 0 Å². The van der Waals surface area contributed by atoms with Crippen LogP contribution in [0.2, 0.25) is 0 Å². The smallest absolute Gasteiger partial charge is 0.330 e. The van der Waals surface area contributed by atoms with Crippen molar-refractivity contribution in [3.05, 3.63) is 29.3 Å². The van der Waals surface area contributed by atoms with E-state index in [9.17, 15) is 0 Å². The highest BCUT2D eigenvalue weighted by Crippen LogP contribution is 2.22. The molecule has 1 heterocycles. The van der Waals surface area contributed by atoms with Gasteiger partial charge in [-0.25, -0.2) is 0 Å². The largest absolute Gasteiger partial charge is 0.467 e. The van der Waals surface area contributed by atoms with Gasteiger partial charge in [0, 0.05) is 7.05 Å². The fourth-order valence-corrected chi connectivity index (χ4v) is 1.47. The average Bonchev–Trinajstić information content (AvgIpc) is 2.42. The minimum absolute atomic E-state index is 0.194. The second-order valence-corrected chi connectivity index (χ2v) is 4.03. The normalized spacial score (nSPS) is 10.1. The van der Waals surface area contributed by atoms with Gasteiger partial charge in [0.2, 0.25) is 5.95 Å². The van der Waals surface area contributed by atoms with Crippen LogP contribution in [-0.2, 0) is 0 Å². The number of nitrogens with zero attached hydrogens (tertiary/aromatic N) is 3. The van der Waals surface area contributed by atoms with Gasteiger partial charge in [-0.2, -0.15) is 9.97 Å². The SMILES string of the molecule is CNc1nc(OC)nc(Oc2ccc(C)c(C)c2)n1. The predicted octanol–water partition coefficient (Wildman–Crippen LogP) is 2.33. The molecule has 0 fully saturated rings. The first-order chi connectivity index (χ1) is 9.12. The van der Waals surface area contributed by atoms with Crippen LogP contribution in [0.1, 0.15) is 11.1 Å². The molecule has 0 aliphatic rings. The Morgan fingerprint density at radius 1 is 1.00 bits per heavy atom. The molecule has 0 amide bonds. The Balaban J connectivity index is 2.29. The number of benzene rings is 1. The van der Waals surface area contributed by atoms with Crippen LogP contribution in [0.3, 0.4) is 0 Å². The Morgan fingerprint density at radius 3 is 2.37 bits per heavy atom. The average molecular weight is 260 g/mol. The van der Waals surface area contributed by atoms with E-state index in [0.717, 1.165) is 5.56 Å². The number of methoxy groups -OCH3 is 1. The molecule has 0 unspecified atom stereocenters. The summed E-state index contributed by atoms with van der Waals surface area (Å²) < 4.78 is 10.6. The molecule has 0 bridgehead atoms. The maximum absolute atomic E-state index is 5.62. The van der Waals surface area contributed by atoms with Crippen LogP contribution in [-0.4, -0.2) is 29.1 Å². The van der Waals surface area contributed by atoms with E-state index >= 15 is 0 Å². The quantitative estimate of drug-likeness (QED) is 0.909. The van der Waals surface area contributed by atoms with Crippen molar-refractivity contribution >= 4 is 5.95 Å². The highest BCUT2D eigenvalue weighted by Gasteiger charge is 2.08. The van der Waals surface area contributed by atoms with Gasteiger partial charge in [0.1, 0.15) is 5.75 Å². The number of ether oxygens (including phenoxy) is 2. The molecule has 0 aliphatic carbocycles. The molecule has 0 saturated heterocycles. The van der Waals surface area contributed by atoms with Gasteiger partial charge in [0.25, 0.3) is 0 Å². The fourth-order valence-electron chi connectivity index (χ4n) is 1.47. The van der Waals surface area contributed by atoms with Crippen LogP contribution < -0.4 is 14.8 Å². The third kappa shape index (κ3) is 3.09. The summed E-state index contributed by atoms with van der Waals surface area (Å²) in [5, 5.41) is 2.83. The molecule has 19 heavy (non-hydrogen) atoms. The molecular formula is C13H16N4O2. The second kappa shape index (κ2) is 5.51. The maximum Gasteiger partial charge on any atom is 0.330 e. The van der Waals surface area contributed by atoms with Gasteiger partial charge in [-0.15, -0.1) is 4.98 Å². The van der Waals surface area contributed by atoms with Crippen molar-refractivity contribution in [2.45, 2.75) is 13.8 Å². The van der Waals surface area contributed by atoms with E-state index in [4.69, 9.17) is 9.47 Å². The molecule has 100 valence electrons. The third-order valence-electron chi connectivity index (χ3n) is 2.69. The number of nitrogens with one attached hydrogen (secondary N) is 1. The molecule has 6 nitrogen and oxygen atoms in total. The molecule has 1 N–H and O–H groups in total. The van der Waals surface area contributed by atoms with E-state index in [2.05, 4.69) is 20.3 Å². The van der Waals surface area contributed by atoms with Crippen molar-refractivity contribution in [2.75, 3.05) is 19.5 Å². The lowest BCUT2D eigenvalue weighted by Crippen LogP contribution is -2.03. The summed E-state index contributed by atoms with van der Waals surface area (Å²) in [6.07, 6.45) is 0. The zero-order valence-corrected chi connectivity index (χ0v) is 11.4. The standard InChI is InChI=1S/C13H16N4O2/c1-8-5-6-10(7-9(8)2)19-13-16-11(14-3)15-12(17-13)18-4/h5-7H,1-4H3,(H,14,15,16,17). The van der Waals surface area contributed by atoms with E-state index in [1.165, 1.54) is 12.7 Å². The Hall–Kier alpha value is -2.37. The van der Waals surface area contributed by atoms with Gasteiger partial charge < -0.3 is 14.8 Å². The van der Waals surface area contributed by atoms with Crippen molar-refractivity contribution in [1.29, 1.82) is 0 Å². The number of aryl methyl sites for hydroxylation is 2. The number of hydrogen-bond acceptors (Lipinski definition) is 6. The second-order valence-electron chi connectivity index (χ2n) is 4.03. The molecule has 0 spiro atoms. The van der Waals surface area contributed by atoms with Gasteiger partial charge in [0.15, 0.2) is 0 Å². The van der Waals surface area contributed by atoms with Crippen LogP contribution >= 0.6 is 0 Å². The molecule has 2 rings (SSSR count). The Kier molecular flexibility index (Phi) is 3.79. The minimum Gasteiger partial charge on any atom is -0.467 e. The molecular weight excluding hydrogens is 244 g/mol. The van der Waals surface area contributed by atoms with Gasteiger partial charge in [-0.05, 0) is 37.1 Å². The summed E-state index contributed by atoms with van der Waals surface area (Å²) in [4.78, 5) is 12.2. The molecule has 2 aromatic rings. The van der Waals surface area contributed by atoms with Crippen molar-refractivity contribution in [3.63, 3.8) is 0 Å². The monoisotopic (exact) mass is 260 g/mol. The van der Waals surface area contributed by atoms with Gasteiger partial charge in [-0.3, -0.25) is 0 Å². The van der Waals surface area contributed by atoms with Crippen LogP contribution in [0.25, 0.3) is 0 Å². The highest BCUT2D eigenvalue weighted by atomic mass is 16.5. The molecule has 0 aliphatic heterocycles.